The normalized spacial score (nSPS) is 25.1. The molecule has 28 heavy (non-hydrogen) atoms. The molecular weight excluding hydrogens is 356 g/mol. The van der Waals surface area contributed by atoms with E-state index in [0.29, 0.717) is 24.9 Å². The second kappa shape index (κ2) is 15.7. The summed E-state index contributed by atoms with van der Waals surface area (Å²) in [6, 6.07) is 0. The van der Waals surface area contributed by atoms with E-state index in [0.717, 1.165) is 44.9 Å². The third kappa shape index (κ3) is 9.35. The predicted molar refractivity (Wildman–Crippen MR) is 112 cm³/mol. The lowest BCUT2D eigenvalue weighted by atomic mass is 9.89. The summed E-state index contributed by atoms with van der Waals surface area (Å²) < 4.78 is 16.2. The lowest BCUT2D eigenvalue weighted by Crippen LogP contribution is -2.22. The molecule has 1 rings (SSSR count). The Hall–Kier alpha value is -1.17. The molecule has 0 aromatic heterocycles. The van der Waals surface area contributed by atoms with Crippen molar-refractivity contribution in [2.24, 2.45) is 11.8 Å². The predicted octanol–water partition coefficient (Wildman–Crippen LogP) is 4.44. The highest BCUT2D eigenvalue weighted by Gasteiger charge is 2.41. The Bertz CT molecular complexity index is 460. The fraction of sp³-hybridized carbons (Fsp3) is 0.783. The highest BCUT2D eigenvalue weighted by molar-refractivity contribution is 5.69. The molecule has 5 nitrogen and oxygen atoms in total. The maximum Gasteiger partial charge on any atom is 0.305 e. The van der Waals surface area contributed by atoms with Crippen molar-refractivity contribution in [1.82, 2.24) is 0 Å². The molecule has 1 saturated carbocycles. The summed E-state index contributed by atoms with van der Waals surface area (Å²) in [4.78, 5) is 11.2. The lowest BCUT2D eigenvalue weighted by molar-refractivity contribution is -0.140. The molecule has 0 bridgehead atoms. The SMILES string of the molecule is COC(=O)CCC/C=C\CC1[C@@H](OC)C[C@@H](OC)[C@@H]1/C=C/CCCCCCO. The Balaban J connectivity index is 2.49. The van der Waals surface area contributed by atoms with Crippen LogP contribution in [0.5, 0.6) is 0 Å². The zero-order valence-electron chi connectivity index (χ0n) is 18.0. The first-order chi connectivity index (χ1) is 13.7. The Kier molecular flexibility index (Phi) is 14.0. The molecule has 0 spiro atoms. The quantitative estimate of drug-likeness (QED) is 0.252. The van der Waals surface area contributed by atoms with E-state index in [1.54, 1.807) is 14.2 Å². The van der Waals surface area contributed by atoms with Gasteiger partial charge in [-0.25, -0.2) is 0 Å². The first-order valence-electron chi connectivity index (χ1n) is 10.7. The first-order valence-corrected chi connectivity index (χ1v) is 10.7. The van der Waals surface area contributed by atoms with Gasteiger partial charge in [0, 0.05) is 39.6 Å². The number of hydrogen-bond donors (Lipinski definition) is 1. The third-order valence-corrected chi connectivity index (χ3v) is 5.66. The van der Waals surface area contributed by atoms with Crippen LogP contribution in [0.15, 0.2) is 24.3 Å². The van der Waals surface area contributed by atoms with Crippen molar-refractivity contribution < 1.29 is 24.1 Å². The summed E-state index contributed by atoms with van der Waals surface area (Å²) in [6.45, 7) is 0.295. The van der Waals surface area contributed by atoms with Gasteiger partial charge in [-0.3, -0.25) is 4.79 Å². The standard InChI is InChI=1S/C23H40O5/c1-26-21-18-22(27-2)20(15-11-7-8-12-16-23(25)28-3)19(21)14-10-6-4-5-9-13-17-24/h7,10-11,14,19-22,24H,4-6,8-9,12-13,15-18H2,1-3H3/b11-7-,14-10+/t19-,20?,21-,22+/m1/s1. The number of aliphatic hydroxyl groups excluding tert-OH is 1. The van der Waals surface area contributed by atoms with E-state index < -0.39 is 0 Å². The van der Waals surface area contributed by atoms with Gasteiger partial charge in [-0.2, -0.15) is 0 Å². The molecule has 5 heteroatoms. The molecule has 4 atom stereocenters. The first kappa shape index (κ1) is 24.9. The third-order valence-electron chi connectivity index (χ3n) is 5.66. The minimum atomic E-state index is -0.145. The van der Waals surface area contributed by atoms with Crippen molar-refractivity contribution in [1.29, 1.82) is 0 Å². The summed E-state index contributed by atoms with van der Waals surface area (Å²) >= 11 is 0. The number of unbranched alkanes of at least 4 members (excludes halogenated alkanes) is 5. The molecule has 1 unspecified atom stereocenters. The van der Waals surface area contributed by atoms with E-state index in [2.05, 4.69) is 29.0 Å². The summed E-state index contributed by atoms with van der Waals surface area (Å²) in [6.07, 6.45) is 18.9. The average Bonchev–Trinajstić information content (AvgIpc) is 3.06. The van der Waals surface area contributed by atoms with Gasteiger partial charge in [0.1, 0.15) is 0 Å². The molecule has 0 aromatic carbocycles. The van der Waals surface area contributed by atoms with Crippen LogP contribution < -0.4 is 0 Å². The van der Waals surface area contributed by atoms with E-state index in [1.165, 1.54) is 20.0 Å². The van der Waals surface area contributed by atoms with Crippen LogP contribution in [-0.2, 0) is 19.0 Å². The molecule has 1 aliphatic carbocycles. The maximum absolute atomic E-state index is 11.2. The van der Waals surface area contributed by atoms with E-state index in [1.807, 2.05) is 0 Å². The number of carbonyl (C=O) groups is 1. The highest BCUT2D eigenvalue weighted by atomic mass is 16.5. The van der Waals surface area contributed by atoms with Crippen LogP contribution in [0.3, 0.4) is 0 Å². The average molecular weight is 397 g/mol. The largest absolute Gasteiger partial charge is 0.469 e. The smallest absolute Gasteiger partial charge is 0.305 e. The minimum absolute atomic E-state index is 0.145. The molecule has 162 valence electrons. The maximum atomic E-state index is 11.2. The topological polar surface area (TPSA) is 65.0 Å². The molecule has 0 saturated heterocycles. The van der Waals surface area contributed by atoms with Gasteiger partial charge in [0.2, 0.25) is 0 Å². The van der Waals surface area contributed by atoms with Gasteiger partial charge in [0.25, 0.3) is 0 Å². The van der Waals surface area contributed by atoms with Gasteiger partial charge in [0.05, 0.1) is 19.3 Å². The van der Waals surface area contributed by atoms with Gasteiger partial charge in [-0.15, -0.1) is 0 Å². The summed E-state index contributed by atoms with van der Waals surface area (Å²) in [5, 5.41) is 8.83. The van der Waals surface area contributed by atoms with Crippen LogP contribution in [0.4, 0.5) is 0 Å². The van der Waals surface area contributed by atoms with Gasteiger partial charge >= 0.3 is 5.97 Å². The summed E-state index contributed by atoms with van der Waals surface area (Å²) in [5.74, 6) is 0.637. The van der Waals surface area contributed by atoms with E-state index >= 15 is 0 Å². The molecule has 0 heterocycles. The molecule has 0 amide bonds. The van der Waals surface area contributed by atoms with Crippen molar-refractivity contribution in [2.45, 2.75) is 76.4 Å². The Morgan fingerprint density at radius 2 is 1.64 bits per heavy atom. The highest BCUT2D eigenvalue weighted by Crippen LogP contribution is 2.39. The van der Waals surface area contributed by atoms with Crippen molar-refractivity contribution in [3.63, 3.8) is 0 Å². The second-order valence-electron chi connectivity index (χ2n) is 7.56. The van der Waals surface area contributed by atoms with Crippen molar-refractivity contribution >= 4 is 5.97 Å². The molecule has 0 aliphatic heterocycles. The number of rotatable bonds is 15. The monoisotopic (exact) mass is 396 g/mol. The van der Waals surface area contributed by atoms with Crippen molar-refractivity contribution in [3.05, 3.63) is 24.3 Å². The second-order valence-corrected chi connectivity index (χ2v) is 7.56. The van der Waals surface area contributed by atoms with Crippen molar-refractivity contribution in [3.8, 4) is 0 Å². The number of ether oxygens (including phenoxy) is 3. The Morgan fingerprint density at radius 3 is 2.32 bits per heavy atom. The van der Waals surface area contributed by atoms with Crippen LogP contribution in [0.2, 0.25) is 0 Å². The molecule has 1 aliphatic rings. The van der Waals surface area contributed by atoms with Gasteiger partial charge < -0.3 is 19.3 Å². The number of allylic oxidation sites excluding steroid dienone is 3. The van der Waals surface area contributed by atoms with Crippen LogP contribution in [0.25, 0.3) is 0 Å². The molecule has 0 aromatic rings. The van der Waals surface area contributed by atoms with E-state index in [9.17, 15) is 4.79 Å². The number of hydrogen-bond acceptors (Lipinski definition) is 5. The van der Waals surface area contributed by atoms with Gasteiger partial charge in [0.15, 0.2) is 0 Å². The Morgan fingerprint density at radius 1 is 0.929 bits per heavy atom. The lowest BCUT2D eigenvalue weighted by Gasteiger charge is -2.22. The fourth-order valence-corrected chi connectivity index (χ4v) is 4.00. The number of carbonyl (C=O) groups excluding carboxylic acids is 1. The fourth-order valence-electron chi connectivity index (χ4n) is 4.00. The van der Waals surface area contributed by atoms with Crippen LogP contribution in [0.1, 0.15) is 64.2 Å². The van der Waals surface area contributed by atoms with E-state index in [4.69, 9.17) is 14.6 Å². The molecular formula is C23H40O5. The zero-order valence-corrected chi connectivity index (χ0v) is 18.0. The summed E-state index contributed by atoms with van der Waals surface area (Å²) in [5.41, 5.74) is 0. The number of esters is 1. The number of aliphatic hydroxyl groups is 1. The van der Waals surface area contributed by atoms with Crippen LogP contribution in [-0.4, -0.2) is 51.2 Å². The Labute approximate surface area is 171 Å². The van der Waals surface area contributed by atoms with E-state index in [-0.39, 0.29) is 18.2 Å². The number of methoxy groups -OCH3 is 3. The van der Waals surface area contributed by atoms with Gasteiger partial charge in [-0.1, -0.05) is 37.1 Å². The molecule has 1 N–H and O–H groups in total. The van der Waals surface area contributed by atoms with Crippen LogP contribution >= 0.6 is 0 Å². The minimum Gasteiger partial charge on any atom is -0.469 e. The zero-order chi connectivity index (χ0) is 20.6. The molecule has 1 fully saturated rings. The van der Waals surface area contributed by atoms with Gasteiger partial charge in [-0.05, 0) is 44.4 Å². The molecule has 0 radical (unpaired) electrons. The summed E-state index contributed by atoms with van der Waals surface area (Å²) in [7, 11) is 5.01. The van der Waals surface area contributed by atoms with Crippen molar-refractivity contribution in [2.75, 3.05) is 27.9 Å². The van der Waals surface area contributed by atoms with Crippen LogP contribution in [0, 0.1) is 11.8 Å².